The molecule has 1 amide bonds. The van der Waals surface area contributed by atoms with Crippen LogP contribution in [0.25, 0.3) is 5.65 Å². The third-order valence-electron chi connectivity index (χ3n) is 1.89. The van der Waals surface area contributed by atoms with Gasteiger partial charge in [-0.05, 0) is 22.0 Å². The van der Waals surface area contributed by atoms with Gasteiger partial charge >= 0.3 is 0 Å². The first-order valence-electron chi connectivity index (χ1n) is 4.15. The van der Waals surface area contributed by atoms with Crippen molar-refractivity contribution in [2.45, 2.75) is 0 Å². The molecule has 0 aliphatic rings. The lowest BCUT2D eigenvalue weighted by molar-refractivity contribution is 0.0964. The average molecular weight is 270 g/mol. The fourth-order valence-corrected chi connectivity index (χ4v) is 1.69. The highest BCUT2D eigenvalue weighted by Crippen LogP contribution is 2.16. The van der Waals surface area contributed by atoms with Crippen molar-refractivity contribution in [3.05, 3.63) is 22.3 Å². The number of pyridine rings is 1. The zero-order chi connectivity index (χ0) is 11.0. The molecule has 0 saturated carbocycles. The number of hydrogen-bond acceptors (Lipinski definition) is 4. The van der Waals surface area contributed by atoms with Crippen molar-refractivity contribution in [2.24, 2.45) is 0 Å². The second-order valence-electron chi connectivity index (χ2n) is 2.89. The minimum Gasteiger partial charge on any atom is -0.366 e. The molecule has 78 valence electrons. The van der Waals surface area contributed by atoms with E-state index in [0.717, 1.165) is 4.47 Å². The van der Waals surface area contributed by atoms with Gasteiger partial charge in [0.05, 0.1) is 5.56 Å². The van der Waals surface area contributed by atoms with Crippen molar-refractivity contribution in [1.82, 2.24) is 19.9 Å². The van der Waals surface area contributed by atoms with E-state index < -0.39 is 0 Å². The molecule has 2 heterocycles. The van der Waals surface area contributed by atoms with Crippen molar-refractivity contribution < 1.29 is 4.79 Å². The topological polar surface area (TPSA) is 85.3 Å². The number of carbonyl (C=O) groups is 1. The van der Waals surface area contributed by atoms with Crippen LogP contribution in [0.1, 0.15) is 10.4 Å². The van der Waals surface area contributed by atoms with Gasteiger partial charge in [0.2, 0.25) is 5.95 Å². The average Bonchev–Trinajstić information content (AvgIpc) is 2.55. The normalized spacial score (nSPS) is 10.5. The van der Waals surface area contributed by atoms with Gasteiger partial charge in [0, 0.05) is 17.7 Å². The number of nitrogen functional groups attached to an aromatic ring is 1. The van der Waals surface area contributed by atoms with Crippen LogP contribution >= 0.6 is 15.9 Å². The van der Waals surface area contributed by atoms with E-state index in [9.17, 15) is 4.79 Å². The second-order valence-corrected chi connectivity index (χ2v) is 3.80. The summed E-state index contributed by atoms with van der Waals surface area (Å²) in [5.41, 5.74) is 6.33. The van der Waals surface area contributed by atoms with Gasteiger partial charge < -0.3 is 11.1 Å². The molecule has 0 aliphatic heterocycles. The Morgan fingerprint density at radius 2 is 2.40 bits per heavy atom. The van der Waals surface area contributed by atoms with Crippen LogP contribution in [0, 0.1) is 0 Å². The van der Waals surface area contributed by atoms with Crippen LogP contribution in [0.2, 0.25) is 0 Å². The van der Waals surface area contributed by atoms with Gasteiger partial charge in [-0.15, -0.1) is 5.10 Å². The Morgan fingerprint density at radius 3 is 3.07 bits per heavy atom. The number of fused-ring (bicyclic) bond motifs is 1. The van der Waals surface area contributed by atoms with E-state index in [-0.39, 0.29) is 11.9 Å². The number of carbonyl (C=O) groups excluding carboxylic acids is 1. The molecule has 3 N–H and O–H groups in total. The van der Waals surface area contributed by atoms with Gasteiger partial charge in [-0.2, -0.15) is 4.98 Å². The maximum Gasteiger partial charge on any atom is 0.254 e. The summed E-state index contributed by atoms with van der Waals surface area (Å²) in [6.07, 6.45) is 1.69. The van der Waals surface area contributed by atoms with E-state index in [1.807, 2.05) is 0 Å². The number of halogens is 1. The number of amides is 1. The first kappa shape index (κ1) is 9.91. The van der Waals surface area contributed by atoms with Crippen LogP contribution in [-0.4, -0.2) is 27.6 Å². The van der Waals surface area contributed by atoms with E-state index in [2.05, 4.69) is 31.3 Å². The van der Waals surface area contributed by atoms with E-state index in [1.165, 1.54) is 4.52 Å². The summed E-state index contributed by atoms with van der Waals surface area (Å²) in [6.45, 7) is 0. The number of nitrogens with two attached hydrogens (primary N) is 1. The molecular formula is C8H8BrN5O. The van der Waals surface area contributed by atoms with Gasteiger partial charge in [-0.25, -0.2) is 4.52 Å². The van der Waals surface area contributed by atoms with Gasteiger partial charge in [0.1, 0.15) is 0 Å². The van der Waals surface area contributed by atoms with Crippen molar-refractivity contribution in [1.29, 1.82) is 0 Å². The lowest BCUT2D eigenvalue weighted by atomic mass is 10.2. The molecular weight excluding hydrogens is 262 g/mol. The number of rotatable bonds is 1. The summed E-state index contributed by atoms with van der Waals surface area (Å²) in [6, 6.07) is 1.67. The number of aromatic nitrogens is 3. The first-order valence-corrected chi connectivity index (χ1v) is 4.94. The molecule has 0 unspecified atom stereocenters. The fourth-order valence-electron chi connectivity index (χ4n) is 1.27. The summed E-state index contributed by atoms with van der Waals surface area (Å²) in [5, 5.41) is 6.45. The van der Waals surface area contributed by atoms with Crippen LogP contribution in [0.4, 0.5) is 5.95 Å². The summed E-state index contributed by atoms with van der Waals surface area (Å²) < 4.78 is 2.20. The quantitative estimate of drug-likeness (QED) is 0.787. The van der Waals surface area contributed by atoms with Crippen molar-refractivity contribution in [3.8, 4) is 0 Å². The van der Waals surface area contributed by atoms with Crippen molar-refractivity contribution >= 4 is 33.4 Å². The summed E-state index contributed by atoms with van der Waals surface area (Å²) in [7, 11) is 1.56. The molecule has 2 aromatic rings. The molecule has 0 atom stereocenters. The Kier molecular flexibility index (Phi) is 2.31. The zero-order valence-corrected chi connectivity index (χ0v) is 9.45. The van der Waals surface area contributed by atoms with Crippen molar-refractivity contribution in [3.63, 3.8) is 0 Å². The Hall–Kier alpha value is -1.63. The standard InChI is InChI=1S/C8H8BrN5O/c1-11-7(15)5-2-4(9)3-14-6(5)12-8(10)13-14/h2-3H,1H3,(H2,10,13)(H,11,15). The number of hydrogen-bond donors (Lipinski definition) is 2. The molecule has 0 spiro atoms. The van der Waals surface area contributed by atoms with Crippen molar-refractivity contribution in [2.75, 3.05) is 12.8 Å². The third kappa shape index (κ3) is 1.65. The van der Waals surface area contributed by atoms with E-state index in [0.29, 0.717) is 11.2 Å². The second kappa shape index (κ2) is 3.50. The van der Waals surface area contributed by atoms with Gasteiger partial charge in [0.15, 0.2) is 5.65 Å². The smallest absolute Gasteiger partial charge is 0.254 e. The summed E-state index contributed by atoms with van der Waals surface area (Å²) in [5.74, 6) is -0.0908. The van der Waals surface area contributed by atoms with Crippen LogP contribution in [-0.2, 0) is 0 Å². The van der Waals surface area contributed by atoms with Crippen LogP contribution in [0.5, 0.6) is 0 Å². The number of nitrogens with one attached hydrogen (secondary N) is 1. The number of nitrogens with zero attached hydrogens (tertiary/aromatic N) is 3. The highest BCUT2D eigenvalue weighted by Gasteiger charge is 2.13. The Labute approximate surface area is 93.6 Å². The molecule has 0 radical (unpaired) electrons. The Balaban J connectivity index is 2.75. The minimum absolute atomic E-state index is 0.137. The molecule has 0 fully saturated rings. The van der Waals surface area contributed by atoms with Gasteiger partial charge in [-0.3, -0.25) is 4.79 Å². The van der Waals surface area contributed by atoms with E-state index in [4.69, 9.17) is 5.73 Å². The lowest BCUT2D eigenvalue weighted by Gasteiger charge is -2.01. The summed E-state index contributed by atoms with van der Waals surface area (Å²) >= 11 is 3.28. The lowest BCUT2D eigenvalue weighted by Crippen LogP contribution is -2.19. The predicted octanol–water partition coefficient (Wildman–Crippen LogP) is 0.434. The molecule has 2 rings (SSSR count). The van der Waals surface area contributed by atoms with Crippen LogP contribution in [0.3, 0.4) is 0 Å². The van der Waals surface area contributed by atoms with E-state index in [1.54, 1.807) is 19.3 Å². The van der Waals surface area contributed by atoms with Crippen LogP contribution in [0.15, 0.2) is 16.7 Å². The first-order chi connectivity index (χ1) is 7.11. The molecule has 15 heavy (non-hydrogen) atoms. The molecule has 0 aromatic carbocycles. The number of anilines is 1. The maximum atomic E-state index is 11.5. The van der Waals surface area contributed by atoms with E-state index >= 15 is 0 Å². The van der Waals surface area contributed by atoms with Crippen LogP contribution < -0.4 is 11.1 Å². The Bertz CT molecular complexity index is 535. The third-order valence-corrected chi connectivity index (χ3v) is 2.32. The predicted molar refractivity (Wildman–Crippen MR) is 58.5 cm³/mol. The monoisotopic (exact) mass is 269 g/mol. The zero-order valence-electron chi connectivity index (χ0n) is 7.86. The molecule has 7 heteroatoms. The SMILES string of the molecule is CNC(=O)c1cc(Br)cn2nc(N)nc12. The Morgan fingerprint density at radius 1 is 1.67 bits per heavy atom. The minimum atomic E-state index is -0.228. The summed E-state index contributed by atoms with van der Waals surface area (Å²) in [4.78, 5) is 15.5. The molecule has 0 aliphatic carbocycles. The highest BCUT2D eigenvalue weighted by molar-refractivity contribution is 9.10. The molecule has 0 saturated heterocycles. The molecule has 0 bridgehead atoms. The molecule has 2 aromatic heterocycles. The molecule has 6 nitrogen and oxygen atoms in total. The largest absolute Gasteiger partial charge is 0.366 e. The van der Waals surface area contributed by atoms with Gasteiger partial charge in [0.25, 0.3) is 5.91 Å². The fraction of sp³-hybridized carbons (Fsp3) is 0.125. The highest BCUT2D eigenvalue weighted by atomic mass is 79.9. The van der Waals surface area contributed by atoms with Gasteiger partial charge in [-0.1, -0.05) is 0 Å². The maximum absolute atomic E-state index is 11.5.